The topological polar surface area (TPSA) is 58.1 Å². The fraction of sp³-hybridized carbons (Fsp3) is 0.458. The van der Waals surface area contributed by atoms with Crippen molar-refractivity contribution < 1.29 is 9.47 Å². The Hall–Kier alpha value is -2.73. The van der Waals surface area contributed by atoms with Crippen LogP contribution < -0.4 is 20.1 Å². The third-order valence-corrected chi connectivity index (χ3v) is 5.44. The minimum atomic E-state index is 0.345. The van der Waals surface area contributed by atoms with Crippen LogP contribution in [0.4, 0.5) is 0 Å². The SMILES string of the molecule is CCOc1cc(CNC(=NC)NCC(c2ccccc2)N2CCCC2)ccc1OC. The second-order valence-corrected chi connectivity index (χ2v) is 7.39. The maximum atomic E-state index is 5.68. The number of likely N-dealkylation sites (tertiary alicyclic amines) is 1. The molecule has 0 amide bonds. The number of guanidine groups is 1. The van der Waals surface area contributed by atoms with Gasteiger partial charge >= 0.3 is 0 Å². The smallest absolute Gasteiger partial charge is 0.191 e. The molecule has 1 heterocycles. The Balaban J connectivity index is 1.60. The molecule has 6 heteroatoms. The van der Waals surface area contributed by atoms with Gasteiger partial charge in [-0.3, -0.25) is 9.89 Å². The number of nitrogens with zero attached hydrogens (tertiary/aromatic N) is 2. The van der Waals surface area contributed by atoms with Crippen molar-refractivity contribution in [3.05, 3.63) is 59.7 Å². The summed E-state index contributed by atoms with van der Waals surface area (Å²) in [6, 6.07) is 17.1. The maximum Gasteiger partial charge on any atom is 0.191 e. The molecule has 2 aromatic rings. The monoisotopic (exact) mass is 410 g/mol. The van der Waals surface area contributed by atoms with Gasteiger partial charge in [0.05, 0.1) is 19.8 Å². The van der Waals surface area contributed by atoms with Crippen molar-refractivity contribution in [1.29, 1.82) is 0 Å². The largest absolute Gasteiger partial charge is 0.493 e. The summed E-state index contributed by atoms with van der Waals surface area (Å²) < 4.78 is 11.1. The number of rotatable bonds is 9. The highest BCUT2D eigenvalue weighted by atomic mass is 16.5. The fourth-order valence-electron chi connectivity index (χ4n) is 3.89. The summed E-state index contributed by atoms with van der Waals surface area (Å²) >= 11 is 0. The van der Waals surface area contributed by atoms with Crippen LogP contribution in [-0.4, -0.2) is 51.3 Å². The van der Waals surface area contributed by atoms with E-state index in [1.54, 1.807) is 7.11 Å². The van der Waals surface area contributed by atoms with Crippen LogP contribution in [0.2, 0.25) is 0 Å². The first-order valence-electron chi connectivity index (χ1n) is 10.8. The first kappa shape index (κ1) is 22.0. The molecule has 2 aromatic carbocycles. The number of benzene rings is 2. The van der Waals surface area contributed by atoms with Crippen molar-refractivity contribution in [2.24, 2.45) is 4.99 Å². The highest BCUT2D eigenvalue weighted by Crippen LogP contribution is 2.28. The normalized spacial score (nSPS) is 15.6. The second-order valence-electron chi connectivity index (χ2n) is 7.39. The molecule has 1 aliphatic heterocycles. The summed E-state index contributed by atoms with van der Waals surface area (Å²) in [5.41, 5.74) is 2.46. The maximum absolute atomic E-state index is 5.68. The first-order chi connectivity index (χ1) is 14.7. The highest BCUT2D eigenvalue weighted by Gasteiger charge is 2.23. The van der Waals surface area contributed by atoms with Gasteiger partial charge in [0.1, 0.15) is 0 Å². The Morgan fingerprint density at radius 3 is 2.50 bits per heavy atom. The molecule has 30 heavy (non-hydrogen) atoms. The lowest BCUT2D eigenvalue weighted by Crippen LogP contribution is -2.42. The molecule has 0 aromatic heterocycles. The van der Waals surface area contributed by atoms with Gasteiger partial charge in [-0.2, -0.15) is 0 Å². The van der Waals surface area contributed by atoms with E-state index in [-0.39, 0.29) is 0 Å². The molecule has 0 aliphatic carbocycles. The molecular weight excluding hydrogens is 376 g/mol. The van der Waals surface area contributed by atoms with Gasteiger partial charge in [-0.25, -0.2) is 0 Å². The van der Waals surface area contributed by atoms with E-state index in [1.807, 2.05) is 32.2 Å². The average molecular weight is 411 g/mol. The molecule has 1 fully saturated rings. The third-order valence-electron chi connectivity index (χ3n) is 5.44. The van der Waals surface area contributed by atoms with Gasteiger partial charge in [0.2, 0.25) is 0 Å². The van der Waals surface area contributed by atoms with Crippen molar-refractivity contribution in [2.75, 3.05) is 40.4 Å². The van der Waals surface area contributed by atoms with E-state index in [0.29, 0.717) is 19.2 Å². The summed E-state index contributed by atoms with van der Waals surface area (Å²) in [6.45, 7) is 6.35. The van der Waals surface area contributed by atoms with Gasteiger partial charge in [-0.15, -0.1) is 0 Å². The molecule has 0 radical (unpaired) electrons. The number of hydrogen-bond acceptors (Lipinski definition) is 4. The van der Waals surface area contributed by atoms with Crippen molar-refractivity contribution in [3.8, 4) is 11.5 Å². The van der Waals surface area contributed by atoms with Crippen LogP contribution >= 0.6 is 0 Å². The van der Waals surface area contributed by atoms with Gasteiger partial charge in [0.15, 0.2) is 17.5 Å². The standard InChI is InChI=1S/C24H34N4O2/c1-4-30-23-16-19(12-13-22(23)29-3)17-26-24(25-2)27-18-21(28-14-8-9-15-28)20-10-6-5-7-11-20/h5-7,10-13,16,21H,4,8-9,14-15,17-18H2,1-3H3,(H2,25,26,27). The van der Waals surface area contributed by atoms with Gasteiger partial charge in [-0.1, -0.05) is 36.4 Å². The lowest BCUT2D eigenvalue weighted by atomic mass is 10.1. The molecule has 1 unspecified atom stereocenters. The third kappa shape index (κ3) is 5.89. The summed E-state index contributed by atoms with van der Waals surface area (Å²) in [5, 5.41) is 6.93. The molecule has 6 nitrogen and oxygen atoms in total. The fourth-order valence-corrected chi connectivity index (χ4v) is 3.89. The molecule has 1 aliphatic rings. The van der Waals surface area contributed by atoms with E-state index in [1.165, 1.54) is 18.4 Å². The molecule has 162 valence electrons. The summed E-state index contributed by atoms with van der Waals surface area (Å²) in [6.07, 6.45) is 2.55. The predicted molar refractivity (Wildman–Crippen MR) is 122 cm³/mol. The number of methoxy groups -OCH3 is 1. The quantitative estimate of drug-likeness (QED) is 0.489. The first-order valence-corrected chi connectivity index (χ1v) is 10.8. The molecule has 1 saturated heterocycles. The number of aliphatic imine (C=N–C) groups is 1. The molecule has 0 bridgehead atoms. The molecule has 1 atom stereocenters. The molecular formula is C24H34N4O2. The Labute approximate surface area is 180 Å². The van der Waals surface area contributed by atoms with Crippen LogP contribution in [0.25, 0.3) is 0 Å². The van der Waals surface area contributed by atoms with Gasteiger partial charge in [0, 0.05) is 20.1 Å². The minimum absolute atomic E-state index is 0.345. The Bertz CT molecular complexity index is 804. The molecule has 3 rings (SSSR count). The Morgan fingerprint density at radius 1 is 1.07 bits per heavy atom. The molecule has 0 spiro atoms. The zero-order chi connectivity index (χ0) is 21.2. The number of hydrogen-bond donors (Lipinski definition) is 2. The predicted octanol–water partition coefficient (Wildman–Crippen LogP) is 3.60. The van der Waals surface area contributed by atoms with Gasteiger partial charge in [0.25, 0.3) is 0 Å². The molecule has 2 N–H and O–H groups in total. The van der Waals surface area contributed by atoms with Crippen LogP contribution in [0.5, 0.6) is 11.5 Å². The van der Waals surface area contributed by atoms with Crippen molar-refractivity contribution >= 4 is 5.96 Å². The van der Waals surface area contributed by atoms with E-state index in [9.17, 15) is 0 Å². The van der Waals surface area contributed by atoms with Crippen LogP contribution in [0.15, 0.2) is 53.5 Å². The Kier molecular flexibility index (Phi) is 8.39. The van der Waals surface area contributed by atoms with Gasteiger partial charge < -0.3 is 20.1 Å². The van der Waals surface area contributed by atoms with Crippen molar-refractivity contribution in [3.63, 3.8) is 0 Å². The zero-order valence-electron chi connectivity index (χ0n) is 18.4. The number of ether oxygens (including phenoxy) is 2. The minimum Gasteiger partial charge on any atom is -0.493 e. The van der Waals surface area contributed by atoms with Crippen molar-refractivity contribution in [1.82, 2.24) is 15.5 Å². The van der Waals surface area contributed by atoms with Crippen LogP contribution in [0, 0.1) is 0 Å². The van der Waals surface area contributed by atoms with Gasteiger partial charge in [-0.05, 0) is 56.1 Å². The van der Waals surface area contributed by atoms with Crippen LogP contribution in [-0.2, 0) is 6.54 Å². The van der Waals surface area contributed by atoms with E-state index >= 15 is 0 Å². The highest BCUT2D eigenvalue weighted by molar-refractivity contribution is 5.79. The van der Waals surface area contributed by atoms with E-state index < -0.39 is 0 Å². The van der Waals surface area contributed by atoms with Crippen LogP contribution in [0.3, 0.4) is 0 Å². The number of nitrogens with one attached hydrogen (secondary N) is 2. The van der Waals surface area contributed by atoms with Crippen LogP contribution in [0.1, 0.15) is 36.9 Å². The van der Waals surface area contributed by atoms with E-state index in [2.05, 4.69) is 50.9 Å². The van der Waals surface area contributed by atoms with E-state index in [0.717, 1.165) is 42.7 Å². The molecule has 0 saturated carbocycles. The lowest BCUT2D eigenvalue weighted by Gasteiger charge is -2.29. The average Bonchev–Trinajstić information content (AvgIpc) is 3.32. The summed E-state index contributed by atoms with van der Waals surface area (Å²) in [5.74, 6) is 2.31. The summed E-state index contributed by atoms with van der Waals surface area (Å²) in [4.78, 5) is 6.97. The van der Waals surface area contributed by atoms with E-state index in [4.69, 9.17) is 9.47 Å². The zero-order valence-corrected chi connectivity index (χ0v) is 18.4. The lowest BCUT2D eigenvalue weighted by molar-refractivity contribution is 0.245. The van der Waals surface area contributed by atoms with Crippen molar-refractivity contribution in [2.45, 2.75) is 32.4 Å². The Morgan fingerprint density at radius 2 is 1.83 bits per heavy atom. The summed E-state index contributed by atoms with van der Waals surface area (Å²) in [7, 11) is 3.47. The second kappa shape index (κ2) is 11.5.